The van der Waals surface area contributed by atoms with Crippen LogP contribution in [0, 0.1) is 0 Å². The van der Waals surface area contributed by atoms with Crippen LogP contribution in [-0.2, 0) is 9.53 Å². The summed E-state index contributed by atoms with van der Waals surface area (Å²) in [6.45, 7) is 10.1. The molecule has 2 atom stereocenters. The number of morpholine rings is 1. The number of methoxy groups -OCH3 is 4. The molecule has 1 aliphatic rings. The van der Waals surface area contributed by atoms with Crippen LogP contribution in [0.4, 0.5) is 0 Å². The molecule has 0 aromatic heterocycles. The molecular weight excluding hydrogens is 462 g/mol. The van der Waals surface area contributed by atoms with Gasteiger partial charge in [-0.3, -0.25) is 4.79 Å². The standard InChI is InChI=1S/C28H37NO7/c1-8-20(21-16-25(33-6)26(34-7)17-23(21)31-4)27(28(30)29-11-13-35-14-12-29)19-9-10-22(36-18(2)3)24(15-19)32-5/h8-10,15-18,20,27H,1,11-14H2,2-7H3/t20-,27-/m1/s1. The molecule has 2 aromatic carbocycles. The summed E-state index contributed by atoms with van der Waals surface area (Å²) in [6, 6.07) is 9.23. The van der Waals surface area contributed by atoms with Gasteiger partial charge in [-0.05, 0) is 37.6 Å². The van der Waals surface area contributed by atoms with Crippen molar-refractivity contribution in [1.29, 1.82) is 0 Å². The molecule has 0 radical (unpaired) electrons. The number of amides is 1. The van der Waals surface area contributed by atoms with E-state index in [1.165, 1.54) is 0 Å². The number of hydrogen-bond donors (Lipinski definition) is 0. The zero-order valence-electron chi connectivity index (χ0n) is 22.0. The molecule has 0 N–H and O–H groups in total. The summed E-state index contributed by atoms with van der Waals surface area (Å²) in [7, 11) is 6.32. The molecule has 1 aliphatic heterocycles. The highest BCUT2D eigenvalue weighted by molar-refractivity contribution is 5.86. The van der Waals surface area contributed by atoms with Crippen molar-refractivity contribution in [2.75, 3.05) is 54.7 Å². The molecule has 0 spiro atoms. The second kappa shape index (κ2) is 12.5. The molecule has 3 rings (SSSR count). The topological polar surface area (TPSA) is 75.7 Å². The maximum absolute atomic E-state index is 14.1. The Hall–Kier alpha value is -3.39. The predicted octanol–water partition coefficient (Wildman–Crippen LogP) is 4.42. The summed E-state index contributed by atoms with van der Waals surface area (Å²) >= 11 is 0. The molecule has 1 heterocycles. The number of nitrogens with zero attached hydrogens (tertiary/aromatic N) is 1. The quantitative estimate of drug-likeness (QED) is 0.424. The van der Waals surface area contributed by atoms with Gasteiger partial charge in [-0.2, -0.15) is 0 Å². The van der Waals surface area contributed by atoms with Crippen LogP contribution < -0.4 is 23.7 Å². The molecule has 0 saturated carbocycles. The first-order valence-electron chi connectivity index (χ1n) is 12.0. The lowest BCUT2D eigenvalue weighted by Gasteiger charge is -2.34. The average molecular weight is 500 g/mol. The van der Waals surface area contributed by atoms with Crippen LogP contribution in [0.15, 0.2) is 43.0 Å². The minimum atomic E-state index is -0.602. The Kier molecular flexibility index (Phi) is 9.47. The van der Waals surface area contributed by atoms with E-state index < -0.39 is 11.8 Å². The van der Waals surface area contributed by atoms with E-state index in [1.54, 1.807) is 40.6 Å². The highest BCUT2D eigenvalue weighted by Crippen LogP contribution is 2.45. The molecule has 0 aliphatic carbocycles. The molecule has 36 heavy (non-hydrogen) atoms. The Bertz CT molecular complexity index is 1050. The van der Waals surface area contributed by atoms with Crippen molar-refractivity contribution in [3.8, 4) is 28.7 Å². The third kappa shape index (κ3) is 5.87. The number of benzene rings is 2. The second-order valence-electron chi connectivity index (χ2n) is 8.70. The summed E-state index contributed by atoms with van der Waals surface area (Å²) in [5, 5.41) is 0. The minimum absolute atomic E-state index is 0.0209. The first-order chi connectivity index (χ1) is 17.4. The van der Waals surface area contributed by atoms with E-state index in [0.29, 0.717) is 55.1 Å². The molecule has 1 saturated heterocycles. The summed E-state index contributed by atoms with van der Waals surface area (Å²) in [6.07, 6.45) is 1.75. The van der Waals surface area contributed by atoms with Gasteiger partial charge in [0.15, 0.2) is 23.0 Å². The molecule has 8 nitrogen and oxygen atoms in total. The largest absolute Gasteiger partial charge is 0.496 e. The van der Waals surface area contributed by atoms with Crippen LogP contribution in [0.25, 0.3) is 0 Å². The van der Waals surface area contributed by atoms with E-state index in [4.69, 9.17) is 28.4 Å². The van der Waals surface area contributed by atoms with Gasteiger partial charge in [0.1, 0.15) is 5.75 Å². The van der Waals surface area contributed by atoms with E-state index in [2.05, 4.69) is 6.58 Å². The van der Waals surface area contributed by atoms with Gasteiger partial charge in [0, 0.05) is 30.6 Å². The van der Waals surface area contributed by atoms with Gasteiger partial charge in [-0.15, -0.1) is 6.58 Å². The monoisotopic (exact) mass is 499 g/mol. The van der Waals surface area contributed by atoms with Crippen LogP contribution in [0.2, 0.25) is 0 Å². The lowest BCUT2D eigenvalue weighted by atomic mass is 9.79. The molecule has 1 fully saturated rings. The number of carbonyl (C=O) groups is 1. The van der Waals surface area contributed by atoms with Crippen LogP contribution >= 0.6 is 0 Å². The molecule has 0 unspecified atom stereocenters. The van der Waals surface area contributed by atoms with E-state index in [-0.39, 0.29) is 12.0 Å². The molecular formula is C28H37NO7. The van der Waals surface area contributed by atoms with Gasteiger partial charge in [-0.1, -0.05) is 12.1 Å². The number of rotatable bonds is 11. The van der Waals surface area contributed by atoms with Crippen LogP contribution in [-0.4, -0.2) is 71.7 Å². The normalized spacial score (nSPS) is 15.1. The van der Waals surface area contributed by atoms with E-state index in [9.17, 15) is 4.79 Å². The second-order valence-corrected chi connectivity index (χ2v) is 8.70. The Morgan fingerprint density at radius 3 is 2.03 bits per heavy atom. The summed E-state index contributed by atoms with van der Waals surface area (Å²) < 4.78 is 33.8. The summed E-state index contributed by atoms with van der Waals surface area (Å²) in [4.78, 5) is 15.9. The third-order valence-corrected chi connectivity index (χ3v) is 6.21. The number of carbonyl (C=O) groups excluding carboxylic acids is 1. The number of ether oxygens (including phenoxy) is 6. The third-order valence-electron chi connectivity index (χ3n) is 6.21. The maximum atomic E-state index is 14.1. The lowest BCUT2D eigenvalue weighted by Crippen LogP contribution is -2.44. The number of hydrogen-bond acceptors (Lipinski definition) is 7. The maximum Gasteiger partial charge on any atom is 0.231 e. The molecule has 196 valence electrons. The van der Waals surface area contributed by atoms with Gasteiger partial charge < -0.3 is 33.3 Å². The zero-order valence-corrected chi connectivity index (χ0v) is 22.0. The molecule has 0 bridgehead atoms. The molecule has 2 aromatic rings. The Labute approximate surface area is 213 Å². The van der Waals surface area contributed by atoms with E-state index in [1.807, 2.05) is 43.0 Å². The van der Waals surface area contributed by atoms with Gasteiger partial charge >= 0.3 is 0 Å². The lowest BCUT2D eigenvalue weighted by molar-refractivity contribution is -0.137. The summed E-state index contributed by atoms with van der Waals surface area (Å²) in [5.74, 6) is 1.76. The Morgan fingerprint density at radius 1 is 0.889 bits per heavy atom. The summed E-state index contributed by atoms with van der Waals surface area (Å²) in [5.41, 5.74) is 1.54. The van der Waals surface area contributed by atoms with Gasteiger partial charge in [-0.25, -0.2) is 0 Å². The number of allylic oxidation sites excluding steroid dienone is 1. The van der Waals surface area contributed by atoms with Crippen LogP contribution in [0.3, 0.4) is 0 Å². The van der Waals surface area contributed by atoms with Crippen molar-refractivity contribution in [2.24, 2.45) is 0 Å². The van der Waals surface area contributed by atoms with Crippen molar-refractivity contribution in [3.05, 3.63) is 54.1 Å². The van der Waals surface area contributed by atoms with Crippen molar-refractivity contribution < 1.29 is 33.2 Å². The van der Waals surface area contributed by atoms with E-state index >= 15 is 0 Å². The molecule has 1 amide bonds. The fourth-order valence-electron chi connectivity index (χ4n) is 4.47. The predicted molar refractivity (Wildman–Crippen MR) is 138 cm³/mol. The first kappa shape index (κ1) is 27.2. The molecule has 8 heteroatoms. The highest BCUT2D eigenvalue weighted by Gasteiger charge is 2.36. The Balaban J connectivity index is 2.17. The van der Waals surface area contributed by atoms with Gasteiger partial charge in [0.2, 0.25) is 5.91 Å². The van der Waals surface area contributed by atoms with E-state index in [0.717, 1.165) is 11.1 Å². The van der Waals surface area contributed by atoms with Crippen LogP contribution in [0.1, 0.15) is 36.8 Å². The van der Waals surface area contributed by atoms with Crippen molar-refractivity contribution in [1.82, 2.24) is 4.90 Å². The minimum Gasteiger partial charge on any atom is -0.496 e. The zero-order chi connectivity index (χ0) is 26.2. The van der Waals surface area contributed by atoms with Gasteiger partial charge in [0.05, 0.1) is 53.7 Å². The smallest absolute Gasteiger partial charge is 0.231 e. The van der Waals surface area contributed by atoms with Crippen molar-refractivity contribution in [3.63, 3.8) is 0 Å². The average Bonchev–Trinajstić information content (AvgIpc) is 2.91. The SMILES string of the molecule is C=C[C@H](c1cc(OC)c(OC)cc1OC)[C@H](C(=O)N1CCOCC1)c1ccc(OC(C)C)c(OC)c1. The van der Waals surface area contributed by atoms with Crippen molar-refractivity contribution >= 4 is 5.91 Å². The first-order valence-corrected chi connectivity index (χ1v) is 12.0. The van der Waals surface area contributed by atoms with Crippen LogP contribution in [0.5, 0.6) is 28.7 Å². The van der Waals surface area contributed by atoms with Gasteiger partial charge in [0.25, 0.3) is 0 Å². The highest BCUT2D eigenvalue weighted by atomic mass is 16.5. The fraction of sp³-hybridized carbons (Fsp3) is 0.464. The van der Waals surface area contributed by atoms with Crippen molar-refractivity contribution in [2.45, 2.75) is 31.8 Å². The fourth-order valence-corrected chi connectivity index (χ4v) is 4.47. The Morgan fingerprint density at radius 2 is 1.47 bits per heavy atom.